The summed E-state index contributed by atoms with van der Waals surface area (Å²) in [4.78, 5) is 23.2. The van der Waals surface area contributed by atoms with E-state index in [-0.39, 0.29) is 5.56 Å². The van der Waals surface area contributed by atoms with Gasteiger partial charge in [-0.25, -0.2) is 9.48 Å². The average molecular weight is 312 g/mol. The molecule has 124 valence electrons. The van der Waals surface area contributed by atoms with Crippen molar-refractivity contribution in [2.75, 3.05) is 32.1 Å². The van der Waals surface area contributed by atoms with E-state index in [9.17, 15) is 9.59 Å². The normalized spacial score (nSPS) is 11.1. The number of ether oxygens (including phenoxy) is 2. The Morgan fingerprint density at radius 3 is 2.68 bits per heavy atom. The Morgan fingerprint density at radius 2 is 2.09 bits per heavy atom. The maximum Gasteiger partial charge on any atom is 0.407 e. The third-order valence-corrected chi connectivity index (χ3v) is 2.50. The summed E-state index contributed by atoms with van der Waals surface area (Å²) in [7, 11) is 1.57. The first-order chi connectivity index (χ1) is 10.3. The summed E-state index contributed by atoms with van der Waals surface area (Å²) < 4.78 is 11.3. The summed E-state index contributed by atoms with van der Waals surface area (Å²) in [6, 6.07) is 1.45. The molecule has 1 amide bonds. The van der Waals surface area contributed by atoms with Gasteiger partial charge in [0, 0.05) is 26.3 Å². The van der Waals surface area contributed by atoms with Crippen molar-refractivity contribution in [3.63, 3.8) is 0 Å². The molecule has 8 nitrogen and oxygen atoms in total. The molecule has 0 unspecified atom stereocenters. The predicted molar refractivity (Wildman–Crippen MR) is 83.1 cm³/mol. The number of carbonyl (C=O) groups excluding carboxylic acids is 1. The average Bonchev–Trinajstić information content (AvgIpc) is 2.41. The summed E-state index contributed by atoms with van der Waals surface area (Å²) in [5, 5.41) is 9.66. The Hall–Kier alpha value is -2.09. The van der Waals surface area contributed by atoms with Crippen LogP contribution in [0.1, 0.15) is 20.8 Å². The molecule has 2 N–H and O–H groups in total. The molecule has 0 atom stereocenters. The Bertz CT molecular complexity index is 536. The smallest absolute Gasteiger partial charge is 0.407 e. The van der Waals surface area contributed by atoms with Crippen LogP contribution in [0.4, 0.5) is 10.5 Å². The van der Waals surface area contributed by atoms with Gasteiger partial charge in [0.15, 0.2) is 0 Å². The molecule has 1 aromatic heterocycles. The molecule has 0 saturated carbocycles. The van der Waals surface area contributed by atoms with Crippen LogP contribution in [0.25, 0.3) is 0 Å². The van der Waals surface area contributed by atoms with Crippen LogP contribution >= 0.6 is 0 Å². The summed E-state index contributed by atoms with van der Waals surface area (Å²) in [6.45, 7) is 7.08. The summed E-state index contributed by atoms with van der Waals surface area (Å²) in [5.41, 5.74) is -0.125. The van der Waals surface area contributed by atoms with Crippen LogP contribution in [-0.2, 0) is 16.0 Å². The van der Waals surface area contributed by atoms with Crippen LogP contribution in [-0.4, -0.2) is 48.3 Å². The molecule has 1 rings (SSSR count). The first-order valence-electron chi connectivity index (χ1n) is 7.08. The number of nitrogens with one attached hydrogen (secondary N) is 2. The zero-order valence-corrected chi connectivity index (χ0v) is 13.5. The maximum atomic E-state index is 11.8. The number of anilines is 1. The number of hydrogen-bond acceptors (Lipinski definition) is 6. The standard InChI is InChI=1S/C14H24N4O4/c1-14(2,3)22-13(20)16-6-5-15-11-9-12(19)18(17-10-11)7-8-21-4/h9-10,15H,5-8H2,1-4H3,(H,16,20). The minimum Gasteiger partial charge on any atom is -0.444 e. The Balaban J connectivity index is 2.35. The predicted octanol–water partition coefficient (Wildman–Crippen LogP) is 0.826. The highest BCUT2D eigenvalue weighted by atomic mass is 16.6. The van der Waals surface area contributed by atoms with E-state index in [1.54, 1.807) is 34.1 Å². The number of methoxy groups -OCH3 is 1. The number of alkyl carbamates (subject to hydrolysis) is 1. The van der Waals surface area contributed by atoms with Gasteiger partial charge >= 0.3 is 6.09 Å². The van der Waals surface area contributed by atoms with Gasteiger partial charge in [-0.1, -0.05) is 0 Å². The lowest BCUT2D eigenvalue weighted by molar-refractivity contribution is 0.0530. The molecule has 0 spiro atoms. The topological polar surface area (TPSA) is 94.5 Å². The fraction of sp³-hybridized carbons (Fsp3) is 0.643. The van der Waals surface area contributed by atoms with Gasteiger partial charge in [0.2, 0.25) is 0 Å². The third kappa shape index (κ3) is 7.07. The van der Waals surface area contributed by atoms with Gasteiger partial charge in [0.1, 0.15) is 5.60 Å². The van der Waals surface area contributed by atoms with Crippen molar-refractivity contribution in [2.24, 2.45) is 0 Å². The van der Waals surface area contributed by atoms with Crippen LogP contribution in [0.3, 0.4) is 0 Å². The summed E-state index contributed by atoms with van der Waals surface area (Å²) >= 11 is 0. The second-order valence-electron chi connectivity index (χ2n) is 5.65. The quantitative estimate of drug-likeness (QED) is 0.724. The van der Waals surface area contributed by atoms with Gasteiger partial charge in [-0.2, -0.15) is 5.10 Å². The molecule has 0 fully saturated rings. The van der Waals surface area contributed by atoms with Crippen molar-refractivity contribution < 1.29 is 14.3 Å². The van der Waals surface area contributed by atoms with E-state index in [0.29, 0.717) is 31.9 Å². The Labute approximate surface area is 129 Å². The zero-order valence-electron chi connectivity index (χ0n) is 13.5. The molecular formula is C14H24N4O4. The minimum absolute atomic E-state index is 0.206. The number of rotatable bonds is 7. The van der Waals surface area contributed by atoms with Crippen molar-refractivity contribution in [3.8, 4) is 0 Å². The van der Waals surface area contributed by atoms with Crippen molar-refractivity contribution in [1.29, 1.82) is 0 Å². The number of carbonyl (C=O) groups is 1. The Morgan fingerprint density at radius 1 is 1.36 bits per heavy atom. The van der Waals surface area contributed by atoms with Gasteiger partial charge in [0.05, 0.1) is 25.0 Å². The van der Waals surface area contributed by atoms with Gasteiger partial charge in [-0.05, 0) is 20.8 Å². The number of amides is 1. The minimum atomic E-state index is -0.520. The molecule has 0 aliphatic carbocycles. The van der Waals surface area contributed by atoms with Gasteiger partial charge in [-0.15, -0.1) is 0 Å². The molecule has 0 saturated heterocycles. The lowest BCUT2D eigenvalue weighted by atomic mass is 10.2. The largest absolute Gasteiger partial charge is 0.444 e. The first kappa shape index (κ1) is 18.0. The van der Waals surface area contributed by atoms with Gasteiger partial charge in [-0.3, -0.25) is 4.79 Å². The molecule has 0 aliphatic heterocycles. The van der Waals surface area contributed by atoms with Gasteiger partial charge < -0.3 is 20.1 Å². The summed E-state index contributed by atoms with van der Waals surface area (Å²) in [5.74, 6) is 0. The SMILES string of the molecule is COCCn1ncc(NCCNC(=O)OC(C)(C)C)cc1=O. The van der Waals surface area contributed by atoms with Crippen molar-refractivity contribution in [1.82, 2.24) is 15.1 Å². The summed E-state index contributed by atoms with van der Waals surface area (Å²) in [6.07, 6.45) is 1.09. The van der Waals surface area contributed by atoms with Crippen molar-refractivity contribution >= 4 is 11.8 Å². The van der Waals surface area contributed by atoms with E-state index in [1.165, 1.54) is 10.7 Å². The third-order valence-electron chi connectivity index (χ3n) is 2.50. The van der Waals surface area contributed by atoms with E-state index in [2.05, 4.69) is 15.7 Å². The molecule has 22 heavy (non-hydrogen) atoms. The highest BCUT2D eigenvalue weighted by Crippen LogP contribution is 2.06. The van der Waals surface area contributed by atoms with Crippen LogP contribution in [0, 0.1) is 0 Å². The maximum absolute atomic E-state index is 11.8. The molecule has 8 heteroatoms. The van der Waals surface area contributed by atoms with E-state index in [4.69, 9.17) is 9.47 Å². The molecular weight excluding hydrogens is 288 g/mol. The van der Waals surface area contributed by atoms with Crippen molar-refractivity contribution in [2.45, 2.75) is 32.9 Å². The fourth-order valence-electron chi connectivity index (χ4n) is 1.56. The molecule has 1 heterocycles. The molecule has 0 radical (unpaired) electrons. The molecule has 0 bridgehead atoms. The zero-order chi connectivity index (χ0) is 16.6. The first-order valence-corrected chi connectivity index (χ1v) is 7.08. The highest BCUT2D eigenvalue weighted by molar-refractivity contribution is 5.67. The molecule has 1 aromatic rings. The monoisotopic (exact) mass is 312 g/mol. The van der Waals surface area contributed by atoms with E-state index >= 15 is 0 Å². The number of aromatic nitrogens is 2. The van der Waals surface area contributed by atoms with Crippen LogP contribution < -0.4 is 16.2 Å². The van der Waals surface area contributed by atoms with Crippen LogP contribution in [0.2, 0.25) is 0 Å². The number of nitrogens with zero attached hydrogens (tertiary/aromatic N) is 2. The number of hydrogen-bond donors (Lipinski definition) is 2. The van der Waals surface area contributed by atoms with Crippen molar-refractivity contribution in [3.05, 3.63) is 22.6 Å². The van der Waals surface area contributed by atoms with E-state index in [1.807, 2.05) is 0 Å². The second kappa shape index (κ2) is 8.38. The highest BCUT2D eigenvalue weighted by Gasteiger charge is 2.15. The lowest BCUT2D eigenvalue weighted by Crippen LogP contribution is -2.35. The second-order valence-corrected chi connectivity index (χ2v) is 5.65. The molecule has 0 aromatic carbocycles. The van der Waals surface area contributed by atoms with Crippen LogP contribution in [0.5, 0.6) is 0 Å². The molecule has 0 aliphatic rings. The van der Waals surface area contributed by atoms with Crippen LogP contribution in [0.15, 0.2) is 17.1 Å². The fourth-order valence-corrected chi connectivity index (χ4v) is 1.56. The Kier molecular flexibility index (Phi) is 6.84. The lowest BCUT2D eigenvalue weighted by Gasteiger charge is -2.19. The van der Waals surface area contributed by atoms with E-state index < -0.39 is 11.7 Å². The van der Waals surface area contributed by atoms with E-state index in [0.717, 1.165) is 0 Å². The van der Waals surface area contributed by atoms with Gasteiger partial charge in [0.25, 0.3) is 5.56 Å².